The number of aryl methyl sites for hydroxylation is 1. The Morgan fingerprint density at radius 2 is 2.19 bits per heavy atom. The summed E-state index contributed by atoms with van der Waals surface area (Å²) in [6.07, 6.45) is 4.56. The number of fused-ring (bicyclic) bond motifs is 1. The molecule has 1 aliphatic heterocycles. The Bertz CT molecular complexity index is 656. The quantitative estimate of drug-likeness (QED) is 0.492. The second kappa shape index (κ2) is 6.26. The van der Waals surface area contributed by atoms with Gasteiger partial charge in [-0.25, -0.2) is 0 Å². The summed E-state index contributed by atoms with van der Waals surface area (Å²) in [5.41, 5.74) is 1.06. The molecule has 2 heterocycles. The van der Waals surface area contributed by atoms with Gasteiger partial charge in [-0.3, -0.25) is 10.1 Å². The van der Waals surface area contributed by atoms with Crippen molar-refractivity contribution in [3.05, 3.63) is 45.8 Å². The van der Waals surface area contributed by atoms with Crippen LogP contribution in [0.2, 0.25) is 0 Å². The molecule has 1 aliphatic rings. The molecule has 2 aromatic rings. The zero-order chi connectivity index (χ0) is 14.7. The van der Waals surface area contributed by atoms with Crippen molar-refractivity contribution in [3.8, 4) is 0 Å². The van der Waals surface area contributed by atoms with Crippen molar-refractivity contribution < 1.29 is 4.92 Å². The van der Waals surface area contributed by atoms with Gasteiger partial charge in [0, 0.05) is 30.9 Å². The molecule has 0 saturated heterocycles. The largest absolute Gasteiger partial charge is 0.306 e. The van der Waals surface area contributed by atoms with Crippen molar-refractivity contribution in [1.29, 1.82) is 0 Å². The van der Waals surface area contributed by atoms with Crippen LogP contribution in [0.5, 0.6) is 0 Å². The summed E-state index contributed by atoms with van der Waals surface area (Å²) < 4.78 is 2.19. The molecule has 0 atom stereocenters. The van der Waals surface area contributed by atoms with Gasteiger partial charge in [0.25, 0.3) is 5.69 Å². The lowest BCUT2D eigenvalue weighted by atomic mass is 10.2. The zero-order valence-electron chi connectivity index (χ0n) is 11.6. The molecule has 0 N–H and O–H groups in total. The van der Waals surface area contributed by atoms with Crippen LogP contribution in [-0.2, 0) is 18.7 Å². The number of nitro groups is 1. The minimum absolute atomic E-state index is 0.133. The topological polar surface area (TPSA) is 73.8 Å². The van der Waals surface area contributed by atoms with Gasteiger partial charge in [0.15, 0.2) is 5.16 Å². The summed E-state index contributed by atoms with van der Waals surface area (Å²) in [4.78, 5) is 10.4. The lowest BCUT2D eigenvalue weighted by molar-refractivity contribution is -0.384. The average molecular weight is 304 g/mol. The molecule has 0 amide bonds. The molecule has 110 valence electrons. The molecule has 0 fully saturated rings. The second-order valence-electron chi connectivity index (χ2n) is 5.08. The van der Waals surface area contributed by atoms with Crippen LogP contribution in [0.4, 0.5) is 5.69 Å². The lowest BCUT2D eigenvalue weighted by Gasteiger charge is -2.06. The van der Waals surface area contributed by atoms with Crippen LogP contribution in [0.15, 0.2) is 29.4 Å². The monoisotopic (exact) mass is 304 g/mol. The number of thioether (sulfide) groups is 1. The minimum atomic E-state index is -0.364. The van der Waals surface area contributed by atoms with Crippen LogP contribution in [0.3, 0.4) is 0 Å². The van der Waals surface area contributed by atoms with Gasteiger partial charge in [-0.15, -0.1) is 10.2 Å². The smallest absolute Gasteiger partial charge is 0.269 e. The van der Waals surface area contributed by atoms with E-state index in [1.165, 1.54) is 18.9 Å². The van der Waals surface area contributed by atoms with Crippen molar-refractivity contribution in [1.82, 2.24) is 14.8 Å². The number of nitro benzene ring substituents is 1. The molecule has 1 aromatic carbocycles. The molecule has 3 rings (SSSR count). The van der Waals surface area contributed by atoms with Gasteiger partial charge >= 0.3 is 0 Å². The number of hydrogen-bond acceptors (Lipinski definition) is 5. The van der Waals surface area contributed by atoms with Crippen molar-refractivity contribution >= 4 is 17.4 Å². The highest BCUT2D eigenvalue weighted by molar-refractivity contribution is 7.98. The van der Waals surface area contributed by atoms with Crippen molar-refractivity contribution in [2.75, 3.05) is 0 Å². The normalized spacial score (nSPS) is 14.5. The van der Waals surface area contributed by atoms with E-state index in [1.807, 2.05) is 6.07 Å². The summed E-state index contributed by atoms with van der Waals surface area (Å²) in [6.45, 7) is 0.972. The Hall–Kier alpha value is -1.89. The standard InChI is InChI=1S/C14H16N4O2S/c19-18(20)12-6-4-5-11(9-12)10-21-14-16-15-13-7-2-1-3-8-17(13)14/h4-6,9H,1-3,7-8,10H2. The second-order valence-corrected chi connectivity index (χ2v) is 6.02. The first-order chi connectivity index (χ1) is 10.2. The van der Waals surface area contributed by atoms with Crippen LogP contribution in [0, 0.1) is 10.1 Å². The molecule has 0 radical (unpaired) electrons. The SMILES string of the molecule is O=[N+]([O-])c1cccc(CSc2nnc3n2CCCCC3)c1. The maximum atomic E-state index is 10.8. The predicted octanol–water partition coefficient (Wildman–Crippen LogP) is 3.21. The first kappa shape index (κ1) is 14.1. The van der Waals surface area contributed by atoms with E-state index < -0.39 is 0 Å². The van der Waals surface area contributed by atoms with E-state index >= 15 is 0 Å². The number of hydrogen-bond donors (Lipinski definition) is 0. The Kier molecular flexibility index (Phi) is 4.19. The summed E-state index contributed by atoms with van der Waals surface area (Å²) in [5, 5.41) is 20.2. The number of nitrogens with zero attached hydrogens (tertiary/aromatic N) is 4. The van der Waals surface area contributed by atoms with Crippen LogP contribution < -0.4 is 0 Å². The van der Waals surface area contributed by atoms with Crippen molar-refractivity contribution in [2.45, 2.75) is 43.1 Å². The van der Waals surface area contributed by atoms with Crippen LogP contribution in [-0.4, -0.2) is 19.7 Å². The zero-order valence-corrected chi connectivity index (χ0v) is 12.4. The van der Waals surface area contributed by atoms with Gasteiger partial charge in [-0.2, -0.15) is 0 Å². The summed E-state index contributed by atoms with van der Waals surface area (Å²) in [5.74, 6) is 1.73. The first-order valence-corrected chi connectivity index (χ1v) is 8.01. The molecule has 0 saturated carbocycles. The van der Waals surface area contributed by atoms with E-state index in [4.69, 9.17) is 0 Å². The molecule has 0 bridgehead atoms. The van der Waals surface area contributed by atoms with E-state index in [2.05, 4.69) is 14.8 Å². The molecule has 6 nitrogen and oxygen atoms in total. The number of benzene rings is 1. The fraction of sp³-hybridized carbons (Fsp3) is 0.429. The highest BCUT2D eigenvalue weighted by Crippen LogP contribution is 2.26. The van der Waals surface area contributed by atoms with Gasteiger partial charge in [0.2, 0.25) is 0 Å². The average Bonchev–Trinajstić information content (AvgIpc) is 2.72. The highest BCUT2D eigenvalue weighted by atomic mass is 32.2. The number of aromatic nitrogens is 3. The fourth-order valence-corrected chi connectivity index (χ4v) is 3.40. The van der Waals surface area contributed by atoms with Crippen molar-refractivity contribution in [2.24, 2.45) is 0 Å². The molecule has 0 aliphatic carbocycles. The summed E-state index contributed by atoms with van der Waals surface area (Å²) in [6, 6.07) is 6.75. The van der Waals surface area contributed by atoms with Gasteiger partial charge in [0.1, 0.15) is 5.82 Å². The van der Waals surface area contributed by atoms with E-state index in [1.54, 1.807) is 23.9 Å². The van der Waals surface area contributed by atoms with E-state index in [0.717, 1.165) is 35.9 Å². The molecule has 1 aromatic heterocycles. The lowest BCUT2D eigenvalue weighted by Crippen LogP contribution is -2.02. The van der Waals surface area contributed by atoms with E-state index in [9.17, 15) is 10.1 Å². The molecule has 0 unspecified atom stereocenters. The van der Waals surface area contributed by atoms with Gasteiger partial charge in [0.05, 0.1) is 4.92 Å². The van der Waals surface area contributed by atoms with E-state index in [-0.39, 0.29) is 10.6 Å². The van der Waals surface area contributed by atoms with Gasteiger partial charge in [-0.1, -0.05) is 30.3 Å². The Morgan fingerprint density at radius 3 is 3.05 bits per heavy atom. The Labute approximate surface area is 126 Å². The first-order valence-electron chi connectivity index (χ1n) is 7.02. The third kappa shape index (κ3) is 3.24. The Morgan fingerprint density at radius 1 is 1.29 bits per heavy atom. The highest BCUT2D eigenvalue weighted by Gasteiger charge is 2.15. The van der Waals surface area contributed by atoms with Crippen LogP contribution in [0.25, 0.3) is 0 Å². The molecular formula is C14H16N4O2S. The predicted molar refractivity (Wildman–Crippen MR) is 80.2 cm³/mol. The third-order valence-electron chi connectivity index (χ3n) is 3.56. The summed E-state index contributed by atoms with van der Waals surface area (Å²) in [7, 11) is 0. The fourth-order valence-electron chi connectivity index (χ4n) is 2.47. The van der Waals surface area contributed by atoms with E-state index in [0.29, 0.717) is 5.75 Å². The van der Waals surface area contributed by atoms with Gasteiger partial charge < -0.3 is 4.57 Å². The van der Waals surface area contributed by atoms with Crippen LogP contribution in [0.1, 0.15) is 30.7 Å². The summed E-state index contributed by atoms with van der Waals surface area (Å²) >= 11 is 1.59. The molecular weight excluding hydrogens is 288 g/mol. The Balaban J connectivity index is 1.72. The van der Waals surface area contributed by atoms with Gasteiger partial charge in [-0.05, 0) is 18.4 Å². The molecule has 21 heavy (non-hydrogen) atoms. The maximum absolute atomic E-state index is 10.8. The number of rotatable bonds is 4. The maximum Gasteiger partial charge on any atom is 0.269 e. The van der Waals surface area contributed by atoms with Crippen LogP contribution >= 0.6 is 11.8 Å². The molecule has 0 spiro atoms. The number of non-ortho nitro benzene ring substituents is 1. The minimum Gasteiger partial charge on any atom is -0.306 e. The third-order valence-corrected chi connectivity index (χ3v) is 4.60. The van der Waals surface area contributed by atoms with Crippen molar-refractivity contribution in [3.63, 3.8) is 0 Å². The molecule has 7 heteroatoms.